The fourth-order valence-corrected chi connectivity index (χ4v) is 4.76. The van der Waals surface area contributed by atoms with E-state index >= 15 is 0 Å². The molecule has 0 saturated heterocycles. The highest BCUT2D eigenvalue weighted by atomic mass is 16.1. The first-order valence-electron chi connectivity index (χ1n) is 12.3. The van der Waals surface area contributed by atoms with E-state index in [4.69, 9.17) is 0 Å². The van der Waals surface area contributed by atoms with Gasteiger partial charge in [0.15, 0.2) is 0 Å². The number of fused-ring (bicyclic) bond motifs is 1. The highest BCUT2D eigenvalue weighted by molar-refractivity contribution is 6.08. The van der Waals surface area contributed by atoms with Crippen molar-refractivity contribution in [2.45, 2.75) is 80.3 Å². The number of nitrogens with one attached hydrogen (secondary N) is 1. The lowest BCUT2D eigenvalue weighted by molar-refractivity contribution is 0.0933. The van der Waals surface area contributed by atoms with Crippen LogP contribution in [0.3, 0.4) is 0 Å². The number of carbonyl (C=O) groups is 1. The van der Waals surface area contributed by atoms with Gasteiger partial charge in [0.2, 0.25) is 0 Å². The van der Waals surface area contributed by atoms with Crippen LogP contribution in [0, 0.1) is 19.8 Å². The van der Waals surface area contributed by atoms with Gasteiger partial charge in [0.05, 0.1) is 11.6 Å². The zero-order valence-electron chi connectivity index (χ0n) is 21.5. The molecule has 0 spiro atoms. The van der Waals surface area contributed by atoms with Crippen LogP contribution in [0.1, 0.15) is 86.1 Å². The van der Waals surface area contributed by atoms with Crippen LogP contribution in [0.15, 0.2) is 54.2 Å². The van der Waals surface area contributed by atoms with E-state index in [9.17, 15) is 4.79 Å². The molecule has 3 aromatic rings. The summed E-state index contributed by atoms with van der Waals surface area (Å²) in [6.45, 7) is 15.9. The number of benzene rings is 2. The van der Waals surface area contributed by atoms with Crippen molar-refractivity contribution in [3.63, 3.8) is 0 Å². The molecule has 3 rings (SSSR count). The maximum atomic E-state index is 13.8. The summed E-state index contributed by atoms with van der Waals surface area (Å²) in [7, 11) is 0. The molecule has 0 aliphatic rings. The quantitative estimate of drug-likeness (QED) is 0.337. The van der Waals surface area contributed by atoms with E-state index in [1.54, 1.807) is 0 Å². The van der Waals surface area contributed by atoms with Crippen molar-refractivity contribution in [3.05, 3.63) is 82.1 Å². The lowest BCUT2D eigenvalue weighted by atomic mass is 9.94. The number of allylic oxidation sites excluding steroid dienone is 2. The lowest BCUT2D eigenvalue weighted by Crippen LogP contribution is -2.29. The molecule has 3 nitrogen and oxygen atoms in total. The molecule has 1 amide bonds. The van der Waals surface area contributed by atoms with Gasteiger partial charge in [0.25, 0.3) is 5.91 Å². The van der Waals surface area contributed by atoms with Gasteiger partial charge in [-0.2, -0.15) is 0 Å². The second kappa shape index (κ2) is 10.9. The molecule has 176 valence electrons. The number of hydrogen-bond donors (Lipinski definition) is 1. The summed E-state index contributed by atoms with van der Waals surface area (Å²) in [5, 5.41) is 4.51. The largest absolute Gasteiger partial charge is 0.345 e. The maximum Gasteiger partial charge on any atom is 0.253 e. The predicted molar refractivity (Wildman–Crippen MR) is 141 cm³/mol. The smallest absolute Gasteiger partial charge is 0.253 e. The molecule has 2 aromatic carbocycles. The minimum absolute atomic E-state index is 0.00916. The SMILES string of the molecule is C/C=C(\C)Cn1cc(C(=O)NC(CC(C)C)c2cc(C)cc(C)c2)c2c(CCC)cccc21. The topological polar surface area (TPSA) is 34.0 Å². The molecule has 0 radical (unpaired) electrons. The van der Waals surface area contributed by atoms with Gasteiger partial charge >= 0.3 is 0 Å². The highest BCUT2D eigenvalue weighted by Gasteiger charge is 2.22. The first kappa shape index (κ1) is 24.8. The Labute approximate surface area is 199 Å². The fraction of sp³-hybridized carbons (Fsp3) is 0.433. The molecule has 3 heteroatoms. The van der Waals surface area contributed by atoms with Crippen LogP contribution in [-0.4, -0.2) is 10.5 Å². The van der Waals surface area contributed by atoms with Crippen molar-refractivity contribution in [1.82, 2.24) is 9.88 Å². The third kappa shape index (κ3) is 5.96. The second-order valence-electron chi connectivity index (χ2n) is 9.94. The Morgan fingerprint density at radius 1 is 1.12 bits per heavy atom. The Bertz CT molecular complexity index is 1130. The summed E-state index contributed by atoms with van der Waals surface area (Å²) in [6, 6.07) is 13.0. The average Bonchev–Trinajstić information content (AvgIpc) is 3.12. The number of hydrogen-bond acceptors (Lipinski definition) is 1. The zero-order chi connectivity index (χ0) is 24.1. The van der Waals surface area contributed by atoms with Gasteiger partial charge in [-0.1, -0.05) is 80.3 Å². The molecule has 0 aliphatic carbocycles. The molecule has 1 N–H and O–H groups in total. The van der Waals surface area contributed by atoms with Crippen molar-refractivity contribution in [2.75, 3.05) is 0 Å². The van der Waals surface area contributed by atoms with E-state index in [1.165, 1.54) is 27.8 Å². The number of carbonyl (C=O) groups excluding carboxylic acids is 1. The summed E-state index contributed by atoms with van der Waals surface area (Å²) >= 11 is 0. The molecule has 0 aliphatic heterocycles. The van der Waals surface area contributed by atoms with E-state index in [2.05, 4.69) is 107 Å². The second-order valence-corrected chi connectivity index (χ2v) is 9.94. The molecule has 0 bridgehead atoms. The molecule has 33 heavy (non-hydrogen) atoms. The average molecular weight is 445 g/mol. The first-order valence-corrected chi connectivity index (χ1v) is 12.3. The molecule has 1 heterocycles. The molecule has 0 fully saturated rings. The number of amides is 1. The van der Waals surface area contributed by atoms with E-state index in [0.717, 1.165) is 42.3 Å². The van der Waals surface area contributed by atoms with Gasteiger partial charge in [-0.3, -0.25) is 4.79 Å². The molecule has 1 aromatic heterocycles. The van der Waals surface area contributed by atoms with Crippen LogP contribution in [0.2, 0.25) is 0 Å². The third-order valence-corrected chi connectivity index (χ3v) is 6.33. The van der Waals surface area contributed by atoms with Crippen LogP contribution >= 0.6 is 0 Å². The van der Waals surface area contributed by atoms with Crippen molar-refractivity contribution in [3.8, 4) is 0 Å². The number of nitrogens with zero attached hydrogens (tertiary/aromatic N) is 1. The number of rotatable bonds is 9. The van der Waals surface area contributed by atoms with Crippen molar-refractivity contribution >= 4 is 16.8 Å². The molecule has 1 unspecified atom stereocenters. The van der Waals surface area contributed by atoms with E-state index in [1.807, 2.05) is 0 Å². The van der Waals surface area contributed by atoms with Gasteiger partial charge in [0.1, 0.15) is 0 Å². The first-order chi connectivity index (χ1) is 15.7. The van der Waals surface area contributed by atoms with Crippen LogP contribution in [-0.2, 0) is 13.0 Å². The van der Waals surface area contributed by atoms with Crippen molar-refractivity contribution in [2.24, 2.45) is 5.92 Å². The minimum atomic E-state index is -0.00916. The van der Waals surface area contributed by atoms with Gasteiger partial charge in [-0.15, -0.1) is 0 Å². The van der Waals surface area contributed by atoms with Gasteiger partial charge in [-0.05, 0) is 63.6 Å². The van der Waals surface area contributed by atoms with Crippen LogP contribution < -0.4 is 5.32 Å². The van der Waals surface area contributed by atoms with Crippen LogP contribution in [0.5, 0.6) is 0 Å². The van der Waals surface area contributed by atoms with Gasteiger partial charge < -0.3 is 9.88 Å². The van der Waals surface area contributed by atoms with Crippen LogP contribution in [0.4, 0.5) is 0 Å². The Hall–Kier alpha value is -2.81. The summed E-state index contributed by atoms with van der Waals surface area (Å²) in [5.74, 6) is 0.496. The normalized spacial score (nSPS) is 13.0. The van der Waals surface area contributed by atoms with Crippen molar-refractivity contribution < 1.29 is 4.79 Å². The lowest BCUT2D eigenvalue weighted by Gasteiger charge is -2.22. The summed E-state index contributed by atoms with van der Waals surface area (Å²) < 4.78 is 2.23. The van der Waals surface area contributed by atoms with Gasteiger partial charge in [0, 0.05) is 23.6 Å². The molecule has 1 atom stereocenters. The molecular weight excluding hydrogens is 404 g/mol. The third-order valence-electron chi connectivity index (χ3n) is 6.33. The Morgan fingerprint density at radius 3 is 2.42 bits per heavy atom. The number of aromatic nitrogens is 1. The monoisotopic (exact) mass is 444 g/mol. The summed E-state index contributed by atoms with van der Waals surface area (Å²) in [5.41, 5.74) is 8.12. The molecular formula is C30H40N2O. The maximum absolute atomic E-state index is 13.8. The van der Waals surface area contributed by atoms with E-state index < -0.39 is 0 Å². The Balaban J connectivity index is 2.06. The standard InChI is InChI=1S/C30H40N2O/c1-8-11-24-12-10-13-28-29(24)26(19-32(28)18-21(5)9-2)30(33)31-27(14-20(3)4)25-16-22(6)15-23(7)17-25/h9-10,12-13,15-17,19-20,27H,8,11,14,18H2,1-7H3,(H,31,33)/b21-9+. The Kier molecular flexibility index (Phi) is 8.18. The highest BCUT2D eigenvalue weighted by Crippen LogP contribution is 2.29. The number of aryl methyl sites for hydroxylation is 3. The van der Waals surface area contributed by atoms with Gasteiger partial charge in [-0.25, -0.2) is 0 Å². The predicted octanol–water partition coefficient (Wildman–Crippen LogP) is 7.69. The minimum Gasteiger partial charge on any atom is -0.345 e. The van der Waals surface area contributed by atoms with Crippen molar-refractivity contribution in [1.29, 1.82) is 0 Å². The summed E-state index contributed by atoms with van der Waals surface area (Å²) in [4.78, 5) is 13.8. The van der Waals surface area contributed by atoms with E-state index in [-0.39, 0.29) is 11.9 Å². The Morgan fingerprint density at radius 2 is 1.82 bits per heavy atom. The summed E-state index contributed by atoms with van der Waals surface area (Å²) in [6.07, 6.45) is 7.13. The fourth-order valence-electron chi connectivity index (χ4n) is 4.76. The van der Waals surface area contributed by atoms with Crippen LogP contribution in [0.25, 0.3) is 10.9 Å². The molecule has 0 saturated carbocycles. The van der Waals surface area contributed by atoms with E-state index in [0.29, 0.717) is 5.92 Å². The zero-order valence-corrected chi connectivity index (χ0v) is 21.5.